The SMILES string of the molecule is Cc1ccccc1Oc1cc(N)cc(C(F)(F)F)c1. The number of para-hydroxylation sites is 1. The molecule has 0 aromatic heterocycles. The first-order valence-corrected chi connectivity index (χ1v) is 5.57. The van der Waals surface area contributed by atoms with E-state index in [0.717, 1.165) is 17.7 Å². The van der Waals surface area contributed by atoms with Crippen LogP contribution in [-0.2, 0) is 6.18 Å². The Morgan fingerprint density at radius 2 is 1.74 bits per heavy atom. The highest BCUT2D eigenvalue weighted by atomic mass is 19.4. The number of ether oxygens (including phenoxy) is 1. The van der Waals surface area contributed by atoms with Crippen LogP contribution in [0.1, 0.15) is 11.1 Å². The van der Waals surface area contributed by atoms with Crippen LogP contribution in [0.2, 0.25) is 0 Å². The van der Waals surface area contributed by atoms with Crippen molar-refractivity contribution in [3.8, 4) is 11.5 Å². The molecule has 0 aliphatic carbocycles. The molecule has 0 unspecified atom stereocenters. The van der Waals surface area contributed by atoms with E-state index < -0.39 is 11.7 Å². The van der Waals surface area contributed by atoms with Crippen LogP contribution in [0.3, 0.4) is 0 Å². The monoisotopic (exact) mass is 267 g/mol. The second-order valence-electron chi connectivity index (χ2n) is 4.16. The van der Waals surface area contributed by atoms with Gasteiger partial charge in [0.25, 0.3) is 0 Å². The van der Waals surface area contributed by atoms with Crippen LogP contribution in [0.15, 0.2) is 42.5 Å². The summed E-state index contributed by atoms with van der Waals surface area (Å²) in [6, 6.07) is 10.2. The molecule has 2 rings (SSSR count). The Labute approximate surface area is 108 Å². The first kappa shape index (κ1) is 13.3. The summed E-state index contributed by atoms with van der Waals surface area (Å²) in [6.07, 6.45) is -4.45. The molecule has 100 valence electrons. The molecule has 0 bridgehead atoms. The molecule has 2 N–H and O–H groups in total. The molecule has 0 spiro atoms. The number of alkyl halides is 3. The Bertz CT molecular complexity index is 593. The van der Waals surface area contributed by atoms with Gasteiger partial charge in [0.15, 0.2) is 0 Å². The molecular formula is C14H12F3NO. The molecule has 0 heterocycles. The first-order chi connectivity index (χ1) is 8.86. The second kappa shape index (κ2) is 4.84. The summed E-state index contributed by atoms with van der Waals surface area (Å²) in [5.74, 6) is 0.572. The van der Waals surface area contributed by atoms with Crippen LogP contribution in [0.25, 0.3) is 0 Å². The highest BCUT2D eigenvalue weighted by Crippen LogP contribution is 2.35. The summed E-state index contributed by atoms with van der Waals surface area (Å²) in [6.45, 7) is 1.81. The summed E-state index contributed by atoms with van der Waals surface area (Å²) in [5.41, 5.74) is 5.49. The van der Waals surface area contributed by atoms with Crippen LogP contribution in [-0.4, -0.2) is 0 Å². The van der Waals surface area contributed by atoms with Crippen molar-refractivity contribution in [2.75, 3.05) is 5.73 Å². The van der Waals surface area contributed by atoms with Gasteiger partial charge in [0.05, 0.1) is 5.56 Å². The lowest BCUT2D eigenvalue weighted by atomic mass is 10.2. The Kier molecular flexibility index (Phi) is 3.38. The van der Waals surface area contributed by atoms with Crippen LogP contribution in [0.4, 0.5) is 18.9 Å². The number of aryl methyl sites for hydroxylation is 1. The van der Waals surface area contributed by atoms with Gasteiger partial charge < -0.3 is 10.5 Å². The van der Waals surface area contributed by atoms with Crippen molar-refractivity contribution in [2.24, 2.45) is 0 Å². The molecule has 5 heteroatoms. The highest BCUT2D eigenvalue weighted by Gasteiger charge is 2.31. The maximum absolute atomic E-state index is 12.7. The third-order valence-corrected chi connectivity index (χ3v) is 2.58. The third kappa shape index (κ3) is 3.19. The number of hydrogen-bond donors (Lipinski definition) is 1. The van der Waals surface area contributed by atoms with Crippen LogP contribution < -0.4 is 10.5 Å². The molecule has 0 saturated carbocycles. The zero-order chi connectivity index (χ0) is 14.0. The minimum absolute atomic E-state index is 0.0124. The van der Waals surface area contributed by atoms with E-state index in [4.69, 9.17) is 10.5 Å². The minimum atomic E-state index is -4.45. The number of nitrogens with two attached hydrogens (primary N) is 1. The molecule has 19 heavy (non-hydrogen) atoms. The quantitative estimate of drug-likeness (QED) is 0.819. The smallest absolute Gasteiger partial charge is 0.416 e. The maximum atomic E-state index is 12.7. The number of anilines is 1. The lowest BCUT2D eigenvalue weighted by Crippen LogP contribution is -2.06. The van der Waals surface area contributed by atoms with Crippen molar-refractivity contribution in [3.05, 3.63) is 53.6 Å². The summed E-state index contributed by atoms with van der Waals surface area (Å²) < 4.78 is 43.4. The van der Waals surface area contributed by atoms with Gasteiger partial charge in [0.1, 0.15) is 11.5 Å². The van der Waals surface area contributed by atoms with Gasteiger partial charge in [-0.2, -0.15) is 13.2 Å². The molecule has 2 aromatic rings. The molecular weight excluding hydrogens is 255 g/mol. The Morgan fingerprint density at radius 3 is 2.37 bits per heavy atom. The van der Waals surface area contributed by atoms with E-state index in [2.05, 4.69) is 0 Å². The summed E-state index contributed by atoms with van der Waals surface area (Å²) in [5, 5.41) is 0. The molecule has 0 amide bonds. The van der Waals surface area contributed by atoms with Crippen molar-refractivity contribution < 1.29 is 17.9 Å². The van der Waals surface area contributed by atoms with Crippen LogP contribution >= 0.6 is 0 Å². The van der Waals surface area contributed by atoms with Gasteiger partial charge in [-0.3, -0.25) is 0 Å². The fraction of sp³-hybridized carbons (Fsp3) is 0.143. The van der Waals surface area contributed by atoms with Gasteiger partial charge in [-0.05, 0) is 30.7 Å². The van der Waals surface area contributed by atoms with Crippen molar-refractivity contribution in [3.63, 3.8) is 0 Å². The van der Waals surface area contributed by atoms with Crippen LogP contribution in [0.5, 0.6) is 11.5 Å². The number of rotatable bonds is 2. The highest BCUT2D eigenvalue weighted by molar-refractivity contribution is 5.50. The molecule has 0 aliphatic heterocycles. The molecule has 2 nitrogen and oxygen atoms in total. The second-order valence-corrected chi connectivity index (χ2v) is 4.16. The van der Waals surface area contributed by atoms with E-state index in [1.54, 1.807) is 12.1 Å². The van der Waals surface area contributed by atoms with Crippen molar-refractivity contribution in [1.82, 2.24) is 0 Å². The van der Waals surface area contributed by atoms with E-state index >= 15 is 0 Å². The molecule has 0 fully saturated rings. The fourth-order valence-corrected chi connectivity index (χ4v) is 1.64. The van der Waals surface area contributed by atoms with Gasteiger partial charge in [-0.25, -0.2) is 0 Å². The predicted octanol–water partition coefficient (Wildman–Crippen LogP) is 4.39. The van der Waals surface area contributed by atoms with Crippen LogP contribution in [0, 0.1) is 6.92 Å². The standard InChI is InChI=1S/C14H12F3NO/c1-9-4-2-3-5-13(9)19-12-7-10(14(15,16)17)6-11(18)8-12/h2-8H,18H2,1H3. The summed E-state index contributed by atoms with van der Waals surface area (Å²) >= 11 is 0. The van der Waals surface area contributed by atoms with E-state index in [1.807, 2.05) is 19.1 Å². The number of halogens is 3. The predicted molar refractivity (Wildman–Crippen MR) is 67.1 cm³/mol. The van der Waals surface area contributed by atoms with Gasteiger partial charge in [-0.1, -0.05) is 18.2 Å². The summed E-state index contributed by atoms with van der Waals surface area (Å²) in [7, 11) is 0. The van der Waals surface area contributed by atoms with Crippen molar-refractivity contribution >= 4 is 5.69 Å². The van der Waals surface area contributed by atoms with Gasteiger partial charge in [-0.15, -0.1) is 0 Å². The van der Waals surface area contributed by atoms with Crippen molar-refractivity contribution in [1.29, 1.82) is 0 Å². The average molecular weight is 267 g/mol. The van der Waals surface area contributed by atoms with Crippen molar-refractivity contribution in [2.45, 2.75) is 13.1 Å². The van der Waals surface area contributed by atoms with Gasteiger partial charge >= 0.3 is 6.18 Å². The number of nitrogen functional groups attached to an aromatic ring is 1. The Hall–Kier alpha value is -2.17. The average Bonchev–Trinajstić information content (AvgIpc) is 2.30. The van der Waals surface area contributed by atoms with Gasteiger partial charge in [0, 0.05) is 11.8 Å². The molecule has 0 radical (unpaired) electrons. The largest absolute Gasteiger partial charge is 0.457 e. The molecule has 0 aliphatic rings. The normalized spacial score (nSPS) is 11.4. The number of hydrogen-bond acceptors (Lipinski definition) is 2. The van der Waals surface area contributed by atoms with Gasteiger partial charge in [0.2, 0.25) is 0 Å². The molecule has 0 saturated heterocycles. The zero-order valence-electron chi connectivity index (χ0n) is 10.2. The third-order valence-electron chi connectivity index (χ3n) is 2.58. The Balaban J connectivity index is 2.36. The number of benzene rings is 2. The van der Waals surface area contributed by atoms with E-state index in [-0.39, 0.29) is 11.4 Å². The first-order valence-electron chi connectivity index (χ1n) is 5.57. The minimum Gasteiger partial charge on any atom is -0.457 e. The van der Waals surface area contributed by atoms with E-state index in [0.29, 0.717) is 5.75 Å². The topological polar surface area (TPSA) is 35.2 Å². The zero-order valence-corrected chi connectivity index (χ0v) is 10.2. The summed E-state index contributed by atoms with van der Waals surface area (Å²) in [4.78, 5) is 0. The van der Waals surface area contributed by atoms with E-state index in [1.165, 1.54) is 6.07 Å². The maximum Gasteiger partial charge on any atom is 0.416 e. The van der Waals surface area contributed by atoms with E-state index in [9.17, 15) is 13.2 Å². The molecule has 0 atom stereocenters. The lowest BCUT2D eigenvalue weighted by Gasteiger charge is -2.12. The molecule has 2 aromatic carbocycles. The fourth-order valence-electron chi connectivity index (χ4n) is 1.64. The lowest BCUT2D eigenvalue weighted by molar-refractivity contribution is -0.137. The Morgan fingerprint density at radius 1 is 1.05 bits per heavy atom.